The van der Waals surface area contributed by atoms with Crippen LogP contribution in [0.2, 0.25) is 0 Å². The van der Waals surface area contributed by atoms with Gasteiger partial charge in [-0.25, -0.2) is 8.42 Å². The van der Waals surface area contributed by atoms with Gasteiger partial charge in [-0.1, -0.05) is 42.0 Å². The Morgan fingerprint density at radius 1 is 0.824 bits per heavy atom. The van der Waals surface area contributed by atoms with E-state index in [2.05, 4.69) is 0 Å². The molecule has 0 N–H and O–H groups in total. The van der Waals surface area contributed by atoms with Gasteiger partial charge >= 0.3 is 0 Å². The number of sulfone groups is 1. The van der Waals surface area contributed by atoms with Crippen LogP contribution in [0.1, 0.15) is 32.7 Å². The average molecular weight is 482 g/mol. The summed E-state index contributed by atoms with van der Waals surface area (Å²) in [6.45, 7) is 1.74. The summed E-state index contributed by atoms with van der Waals surface area (Å²) in [5, 5.41) is 20.3. The first-order valence-electron chi connectivity index (χ1n) is 9.87. The van der Waals surface area contributed by atoms with Crippen molar-refractivity contribution in [1.82, 2.24) is 0 Å². The van der Waals surface area contributed by atoms with Crippen molar-refractivity contribution in [3.8, 4) is 0 Å². The minimum absolute atomic E-state index is 0.134. The van der Waals surface area contributed by atoms with Crippen LogP contribution in [0.25, 0.3) is 0 Å². The van der Waals surface area contributed by atoms with Gasteiger partial charge in [-0.2, -0.15) is 0 Å². The summed E-state index contributed by atoms with van der Waals surface area (Å²) in [4.78, 5) is 46.7. The molecule has 0 spiro atoms. The predicted molar refractivity (Wildman–Crippen MR) is 122 cm³/mol. The lowest BCUT2D eigenvalue weighted by Crippen LogP contribution is -2.33. The molecule has 34 heavy (non-hydrogen) atoms. The second-order valence-electron chi connectivity index (χ2n) is 7.45. The first-order valence-corrected chi connectivity index (χ1v) is 11.4. The monoisotopic (exact) mass is 482 g/mol. The maximum Gasteiger partial charge on any atom is 0.270 e. The van der Waals surface area contributed by atoms with Gasteiger partial charge < -0.3 is 0 Å². The number of Topliss-reactive ketones (excluding diaryl/α,β-unsaturated/α-hetero) is 2. The fourth-order valence-electron chi connectivity index (χ4n) is 3.27. The number of aryl methyl sites for hydroxylation is 1. The van der Waals surface area contributed by atoms with E-state index >= 15 is 0 Å². The highest BCUT2D eigenvalue weighted by Crippen LogP contribution is 2.26. The van der Waals surface area contributed by atoms with Crippen LogP contribution in [0.4, 0.5) is 11.4 Å². The lowest BCUT2D eigenvalue weighted by atomic mass is 10.0. The highest BCUT2D eigenvalue weighted by Gasteiger charge is 2.37. The molecule has 0 unspecified atom stereocenters. The van der Waals surface area contributed by atoms with E-state index < -0.39 is 48.6 Å². The van der Waals surface area contributed by atoms with Gasteiger partial charge in [0, 0.05) is 41.8 Å². The number of ketones is 2. The van der Waals surface area contributed by atoms with Gasteiger partial charge in [0.1, 0.15) is 5.25 Å². The van der Waals surface area contributed by atoms with Crippen molar-refractivity contribution < 1.29 is 27.9 Å². The topological polar surface area (TPSA) is 155 Å². The van der Waals surface area contributed by atoms with Crippen LogP contribution in [-0.4, -0.2) is 35.1 Å². The molecule has 0 saturated heterocycles. The third kappa shape index (κ3) is 5.21. The van der Waals surface area contributed by atoms with Crippen molar-refractivity contribution in [3.63, 3.8) is 0 Å². The van der Waals surface area contributed by atoms with E-state index in [1.54, 1.807) is 6.92 Å². The molecule has 3 aromatic carbocycles. The molecule has 174 valence electrons. The van der Waals surface area contributed by atoms with E-state index in [0.29, 0.717) is 0 Å². The van der Waals surface area contributed by atoms with Gasteiger partial charge in [-0.15, -0.1) is 0 Å². The molecule has 0 amide bonds. The number of nitro benzene ring substituents is 2. The number of nitro groups is 2. The second-order valence-corrected chi connectivity index (χ2v) is 9.58. The van der Waals surface area contributed by atoms with Crippen LogP contribution in [-0.2, 0) is 9.84 Å². The van der Waals surface area contributed by atoms with Crippen molar-refractivity contribution in [2.45, 2.75) is 23.5 Å². The number of benzene rings is 3. The Kier molecular flexibility index (Phi) is 6.97. The SMILES string of the molecule is Cc1ccc(S(=O)(=O)[C@H](CC(=O)c2cccc([N+](=O)[O-])c2)C(=O)c2cccc([N+](=O)[O-])c2)cc1. The van der Waals surface area contributed by atoms with Gasteiger partial charge in [-0.05, 0) is 19.1 Å². The number of carbonyl (C=O) groups is 2. The largest absolute Gasteiger partial charge is 0.294 e. The maximum atomic E-state index is 13.4. The molecule has 0 fully saturated rings. The zero-order chi connectivity index (χ0) is 25.0. The van der Waals surface area contributed by atoms with Gasteiger partial charge in [0.05, 0.1) is 14.7 Å². The third-order valence-electron chi connectivity index (χ3n) is 5.11. The summed E-state index contributed by atoms with van der Waals surface area (Å²) in [5.41, 5.74) is -0.392. The Morgan fingerprint density at radius 2 is 1.32 bits per heavy atom. The molecular weight excluding hydrogens is 464 g/mol. The molecule has 11 heteroatoms. The van der Waals surface area contributed by atoms with Crippen LogP contribution < -0.4 is 0 Å². The number of non-ortho nitro benzene ring substituents is 2. The lowest BCUT2D eigenvalue weighted by Gasteiger charge is -2.17. The first kappa shape index (κ1) is 24.4. The lowest BCUT2D eigenvalue weighted by molar-refractivity contribution is -0.385. The Morgan fingerprint density at radius 3 is 1.85 bits per heavy atom. The first-order chi connectivity index (χ1) is 16.0. The molecule has 1 atom stereocenters. The van der Waals surface area contributed by atoms with Crippen molar-refractivity contribution in [2.24, 2.45) is 0 Å². The van der Waals surface area contributed by atoms with Crippen LogP contribution in [0.3, 0.4) is 0 Å². The fraction of sp³-hybridized carbons (Fsp3) is 0.130. The summed E-state index contributed by atoms with van der Waals surface area (Å²) < 4.78 is 26.8. The second kappa shape index (κ2) is 9.71. The van der Waals surface area contributed by atoms with E-state index in [4.69, 9.17) is 0 Å². The molecule has 0 aliphatic heterocycles. The summed E-state index contributed by atoms with van der Waals surface area (Å²) >= 11 is 0. The highest BCUT2D eigenvalue weighted by atomic mass is 32.2. The molecule has 0 aliphatic carbocycles. The van der Waals surface area contributed by atoms with Gasteiger partial charge in [0.2, 0.25) is 0 Å². The Balaban J connectivity index is 2.07. The maximum absolute atomic E-state index is 13.4. The summed E-state index contributed by atoms with van der Waals surface area (Å²) in [5.74, 6) is -1.80. The summed E-state index contributed by atoms with van der Waals surface area (Å²) in [7, 11) is -4.40. The molecule has 10 nitrogen and oxygen atoms in total. The molecule has 0 heterocycles. The number of hydrogen-bond acceptors (Lipinski definition) is 8. The molecular formula is C23H18N2O8S. The zero-order valence-corrected chi connectivity index (χ0v) is 18.6. The number of rotatable bonds is 9. The minimum atomic E-state index is -4.40. The van der Waals surface area contributed by atoms with E-state index in [9.17, 15) is 38.2 Å². The summed E-state index contributed by atoms with van der Waals surface area (Å²) in [6.07, 6.45) is -0.807. The van der Waals surface area contributed by atoms with Crippen molar-refractivity contribution >= 4 is 32.8 Å². The number of hydrogen-bond donors (Lipinski definition) is 0. The van der Waals surface area contributed by atoms with Gasteiger partial charge in [-0.3, -0.25) is 29.8 Å². The highest BCUT2D eigenvalue weighted by molar-refractivity contribution is 7.92. The van der Waals surface area contributed by atoms with Crippen LogP contribution in [0.15, 0.2) is 77.7 Å². The average Bonchev–Trinajstić information content (AvgIpc) is 2.82. The molecule has 0 aliphatic rings. The Labute approximate surface area is 194 Å². The van der Waals surface area contributed by atoms with E-state index in [1.807, 2.05) is 0 Å². The Bertz CT molecular complexity index is 1400. The third-order valence-corrected chi connectivity index (χ3v) is 7.17. The van der Waals surface area contributed by atoms with Gasteiger partial charge in [0.25, 0.3) is 11.4 Å². The Hall–Kier alpha value is -4.25. The quantitative estimate of drug-likeness (QED) is 0.251. The van der Waals surface area contributed by atoms with E-state index in [1.165, 1.54) is 54.6 Å². The molecule has 3 aromatic rings. The van der Waals surface area contributed by atoms with Crippen LogP contribution >= 0.6 is 0 Å². The predicted octanol–water partition coefficient (Wildman–Crippen LogP) is 4.11. The number of nitrogens with zero attached hydrogens (tertiary/aromatic N) is 2. The molecule has 3 rings (SSSR count). The standard InChI is InChI=1S/C23H18N2O8S/c1-15-8-10-20(11-9-15)34(32,33)22(23(27)17-5-3-7-19(13-17)25(30)31)14-21(26)16-4-2-6-18(12-16)24(28)29/h2-13,22H,14H2,1H3/t22-/m1/s1. The van der Waals surface area contributed by atoms with Gasteiger partial charge in [0.15, 0.2) is 21.4 Å². The molecule has 0 radical (unpaired) electrons. The van der Waals surface area contributed by atoms with Crippen LogP contribution in [0.5, 0.6) is 0 Å². The molecule has 0 bridgehead atoms. The van der Waals surface area contributed by atoms with Crippen molar-refractivity contribution in [2.75, 3.05) is 0 Å². The molecule has 0 aromatic heterocycles. The summed E-state index contributed by atoms with van der Waals surface area (Å²) in [6, 6.07) is 14.9. The van der Waals surface area contributed by atoms with Crippen molar-refractivity contribution in [1.29, 1.82) is 0 Å². The normalized spacial score (nSPS) is 12.0. The van der Waals surface area contributed by atoms with Crippen LogP contribution in [0, 0.1) is 27.2 Å². The smallest absolute Gasteiger partial charge is 0.270 e. The zero-order valence-electron chi connectivity index (χ0n) is 17.8. The van der Waals surface area contributed by atoms with E-state index in [-0.39, 0.29) is 21.7 Å². The molecule has 0 saturated carbocycles. The fourth-order valence-corrected chi connectivity index (χ4v) is 4.91. The van der Waals surface area contributed by atoms with E-state index in [0.717, 1.165) is 23.8 Å². The minimum Gasteiger partial charge on any atom is -0.294 e. The number of carbonyl (C=O) groups excluding carboxylic acids is 2. The van der Waals surface area contributed by atoms with Crippen molar-refractivity contribution in [3.05, 3.63) is 110 Å².